The van der Waals surface area contributed by atoms with Gasteiger partial charge in [-0.3, -0.25) is 14.6 Å². The SMILES string of the molecule is CCOC(=O)C(Cc1cc(CC(=O)OC(C)(C)C)ccc1OCc1ccnc(OCCC(F)(F)F)n1)Oc1ncnc2sc(-c3ccc(F)cc3)c(-c3ccc(CNCCN4CCN(CC(F)(F)F)CC4)c(Cl)c3C)c12. The maximum atomic E-state index is 14.4. The number of hydrogen-bond donors (Lipinski definition) is 1. The molecule has 0 bridgehead atoms. The maximum Gasteiger partial charge on any atom is 0.401 e. The Kier molecular flexibility index (Phi) is 19.1. The van der Waals surface area contributed by atoms with Crippen molar-refractivity contribution in [2.75, 3.05) is 59.0 Å². The molecule has 3 aromatic carbocycles. The Morgan fingerprint density at radius 2 is 1.62 bits per heavy atom. The number of nitrogens with zero attached hydrogens (tertiary/aromatic N) is 6. The summed E-state index contributed by atoms with van der Waals surface area (Å²) in [6, 6.07) is 15.9. The summed E-state index contributed by atoms with van der Waals surface area (Å²) in [5, 5.41) is 4.30. The Morgan fingerprint density at radius 1 is 0.882 bits per heavy atom. The van der Waals surface area contributed by atoms with Crippen LogP contribution in [0.4, 0.5) is 30.7 Å². The number of carbonyl (C=O) groups is 2. The van der Waals surface area contributed by atoms with Crippen molar-refractivity contribution >= 4 is 45.1 Å². The van der Waals surface area contributed by atoms with Gasteiger partial charge in [-0.1, -0.05) is 48.0 Å². The van der Waals surface area contributed by atoms with Crippen LogP contribution in [0.2, 0.25) is 5.02 Å². The highest BCUT2D eigenvalue weighted by atomic mass is 35.5. The van der Waals surface area contributed by atoms with Crippen LogP contribution in [0.3, 0.4) is 0 Å². The van der Waals surface area contributed by atoms with Gasteiger partial charge in [0.25, 0.3) is 0 Å². The first kappa shape index (κ1) is 57.5. The Labute approximate surface area is 443 Å². The number of carbonyl (C=O) groups excluding carboxylic acids is 2. The molecule has 0 amide bonds. The smallest absolute Gasteiger partial charge is 0.401 e. The van der Waals surface area contributed by atoms with Gasteiger partial charge in [-0.25, -0.2) is 24.1 Å². The number of esters is 2. The van der Waals surface area contributed by atoms with E-state index < -0.39 is 61.4 Å². The lowest BCUT2D eigenvalue weighted by atomic mass is 9.94. The number of halogens is 8. The molecule has 23 heteroatoms. The summed E-state index contributed by atoms with van der Waals surface area (Å²) >= 11 is 8.46. The lowest BCUT2D eigenvalue weighted by Gasteiger charge is -2.35. The van der Waals surface area contributed by atoms with Gasteiger partial charge < -0.3 is 29.0 Å². The van der Waals surface area contributed by atoms with Gasteiger partial charge in [-0.2, -0.15) is 31.3 Å². The maximum absolute atomic E-state index is 14.4. The zero-order chi connectivity index (χ0) is 54.8. The molecule has 0 radical (unpaired) electrons. The van der Waals surface area contributed by atoms with E-state index in [-0.39, 0.29) is 49.4 Å². The van der Waals surface area contributed by atoms with E-state index in [9.17, 15) is 40.3 Å². The predicted octanol–water partition coefficient (Wildman–Crippen LogP) is 10.5. The highest BCUT2D eigenvalue weighted by Gasteiger charge is 2.33. The van der Waals surface area contributed by atoms with Crippen molar-refractivity contribution in [3.8, 4) is 39.2 Å². The molecule has 1 aliphatic rings. The van der Waals surface area contributed by atoms with Crippen molar-refractivity contribution in [3.05, 3.63) is 112 Å². The quantitative estimate of drug-likeness (QED) is 0.0390. The molecule has 408 valence electrons. The Hall–Kier alpha value is -6.20. The molecule has 1 unspecified atom stereocenters. The minimum absolute atomic E-state index is 0.00888. The summed E-state index contributed by atoms with van der Waals surface area (Å²) in [5.41, 5.74) is 3.81. The molecule has 1 atom stereocenters. The summed E-state index contributed by atoms with van der Waals surface area (Å²) in [5.74, 6) is -1.46. The second-order valence-corrected chi connectivity index (χ2v) is 20.3. The van der Waals surface area contributed by atoms with E-state index in [0.717, 1.165) is 5.56 Å². The number of aromatic nitrogens is 4. The third-order valence-electron chi connectivity index (χ3n) is 11.9. The van der Waals surface area contributed by atoms with Gasteiger partial charge in [0.15, 0.2) is 0 Å². The third kappa shape index (κ3) is 16.4. The van der Waals surface area contributed by atoms with Crippen LogP contribution in [0, 0.1) is 12.7 Å². The van der Waals surface area contributed by atoms with Crippen molar-refractivity contribution in [2.45, 2.75) is 91.1 Å². The molecule has 0 spiro atoms. The van der Waals surface area contributed by atoms with Crippen molar-refractivity contribution in [2.24, 2.45) is 0 Å². The van der Waals surface area contributed by atoms with Gasteiger partial charge in [0.2, 0.25) is 12.0 Å². The van der Waals surface area contributed by atoms with E-state index >= 15 is 0 Å². The molecule has 3 aromatic heterocycles. The molecule has 4 heterocycles. The van der Waals surface area contributed by atoms with Crippen molar-refractivity contribution < 1.29 is 64.0 Å². The monoisotopic (exact) mass is 1100 g/mol. The molecule has 1 N–H and O–H groups in total. The van der Waals surface area contributed by atoms with E-state index in [1.165, 1.54) is 47.0 Å². The summed E-state index contributed by atoms with van der Waals surface area (Å²) in [6.07, 6.45) is -8.98. The van der Waals surface area contributed by atoms with Gasteiger partial charge in [0, 0.05) is 73.9 Å². The first-order valence-electron chi connectivity index (χ1n) is 24.4. The van der Waals surface area contributed by atoms with E-state index in [0.29, 0.717) is 99.3 Å². The number of fused-ring (bicyclic) bond motifs is 1. The average molecular weight is 1100 g/mol. The molecule has 14 nitrogen and oxygen atoms in total. The van der Waals surface area contributed by atoms with Gasteiger partial charge >= 0.3 is 30.3 Å². The van der Waals surface area contributed by atoms with Crippen LogP contribution in [0.5, 0.6) is 17.6 Å². The van der Waals surface area contributed by atoms with Crippen molar-refractivity contribution in [1.82, 2.24) is 35.1 Å². The highest BCUT2D eigenvalue weighted by Crippen LogP contribution is 2.49. The van der Waals surface area contributed by atoms with Gasteiger partial charge in [-0.05, 0) is 92.3 Å². The van der Waals surface area contributed by atoms with Crippen LogP contribution in [0.15, 0.2) is 73.2 Å². The summed E-state index contributed by atoms with van der Waals surface area (Å²) in [6.45, 7) is 10.2. The van der Waals surface area contributed by atoms with Gasteiger partial charge in [0.1, 0.15) is 41.5 Å². The number of piperazine rings is 1. The molecular weight excluding hydrogens is 1050 g/mol. The van der Waals surface area contributed by atoms with E-state index in [1.54, 1.807) is 58.0 Å². The summed E-state index contributed by atoms with van der Waals surface area (Å²) in [7, 11) is 0. The topological polar surface area (TPSA) is 150 Å². The lowest BCUT2D eigenvalue weighted by Crippen LogP contribution is -2.50. The number of ether oxygens (including phenoxy) is 5. The van der Waals surface area contributed by atoms with Crippen LogP contribution < -0.4 is 19.5 Å². The lowest BCUT2D eigenvalue weighted by molar-refractivity contribution is -0.154. The molecular formula is C53H57ClF7N7O7S. The Bertz CT molecular complexity index is 2950. The van der Waals surface area contributed by atoms with Crippen molar-refractivity contribution in [3.63, 3.8) is 0 Å². The number of hydrogen-bond acceptors (Lipinski definition) is 15. The van der Waals surface area contributed by atoms with Gasteiger partial charge in [-0.15, -0.1) is 11.3 Å². The minimum atomic E-state index is -4.44. The van der Waals surface area contributed by atoms with Crippen LogP contribution in [-0.2, 0) is 45.1 Å². The molecule has 0 saturated carbocycles. The van der Waals surface area contributed by atoms with E-state index in [4.69, 9.17) is 35.3 Å². The fourth-order valence-electron chi connectivity index (χ4n) is 8.36. The number of alkyl halides is 6. The fourth-order valence-corrected chi connectivity index (χ4v) is 9.74. The van der Waals surface area contributed by atoms with E-state index in [1.807, 2.05) is 19.1 Å². The zero-order valence-electron chi connectivity index (χ0n) is 42.4. The van der Waals surface area contributed by atoms with Crippen molar-refractivity contribution in [1.29, 1.82) is 0 Å². The van der Waals surface area contributed by atoms with E-state index in [2.05, 4.69) is 30.2 Å². The first-order valence-corrected chi connectivity index (χ1v) is 25.6. The number of thiophene rings is 1. The molecule has 1 saturated heterocycles. The van der Waals surface area contributed by atoms with Crippen LogP contribution >= 0.6 is 22.9 Å². The normalized spacial score (nSPS) is 14.2. The molecule has 7 rings (SSSR count). The first-order chi connectivity index (χ1) is 36.0. The molecule has 6 aromatic rings. The minimum Gasteiger partial charge on any atom is -0.487 e. The molecule has 1 fully saturated rings. The predicted molar refractivity (Wildman–Crippen MR) is 272 cm³/mol. The number of rotatable bonds is 22. The van der Waals surface area contributed by atoms with Crippen LogP contribution in [0.1, 0.15) is 62.1 Å². The number of nitrogens with one attached hydrogen (secondary N) is 1. The molecule has 0 aliphatic carbocycles. The second-order valence-electron chi connectivity index (χ2n) is 18.9. The van der Waals surface area contributed by atoms with Gasteiger partial charge in [0.05, 0.1) is 37.1 Å². The highest BCUT2D eigenvalue weighted by molar-refractivity contribution is 7.22. The third-order valence-corrected chi connectivity index (χ3v) is 13.5. The van der Waals surface area contributed by atoms with Crippen LogP contribution in [0.25, 0.3) is 31.8 Å². The summed E-state index contributed by atoms with van der Waals surface area (Å²) < 4.78 is 121. The number of benzene rings is 3. The average Bonchev–Trinajstić information content (AvgIpc) is 3.78. The standard InChI is InChI=1S/C53H57ClF7N7O7S/c1-6-71-49(70)41(27-36-25-33(26-42(69)75-51(3,4)5)7-14-40(36)73-29-38-15-17-63-50(66-38)72-24-16-52(56,57)58)74-47-44-43(46(76-48(44)65-31-64-47)34-8-11-37(55)12-9-34)39-13-10-35(45(54)32(39)2)28-62-18-19-67-20-22-68(23-21-67)30-53(59,60)61/h7-15,17,25,31,41,62H,6,16,18-24,26-30H2,1-5H3. The molecule has 1 aliphatic heterocycles. The zero-order valence-corrected chi connectivity index (χ0v) is 44.0. The Morgan fingerprint density at radius 3 is 2.32 bits per heavy atom. The largest absolute Gasteiger partial charge is 0.487 e. The van der Waals surface area contributed by atoms with Crippen LogP contribution in [-0.4, -0.2) is 125 Å². The Balaban J connectivity index is 1.19. The second kappa shape index (κ2) is 25.3. The molecule has 76 heavy (non-hydrogen) atoms. The summed E-state index contributed by atoms with van der Waals surface area (Å²) in [4.78, 5) is 49.1. The fraction of sp³-hybridized carbons (Fsp3) is 0.434.